The second-order valence-electron chi connectivity index (χ2n) is 8.75. The van der Waals surface area contributed by atoms with Gasteiger partial charge in [-0.2, -0.15) is 0 Å². The first-order valence-electron chi connectivity index (χ1n) is 10.5. The van der Waals surface area contributed by atoms with E-state index in [2.05, 4.69) is 18.7 Å². The van der Waals surface area contributed by atoms with Crippen molar-refractivity contribution < 1.29 is 14.3 Å². The van der Waals surface area contributed by atoms with Crippen molar-refractivity contribution in [3.05, 3.63) is 0 Å². The Morgan fingerprint density at radius 2 is 1.77 bits per heavy atom. The van der Waals surface area contributed by atoms with Gasteiger partial charge < -0.3 is 14.5 Å². The van der Waals surface area contributed by atoms with Crippen molar-refractivity contribution in [2.75, 3.05) is 45.9 Å². The van der Waals surface area contributed by atoms with Crippen LogP contribution in [0.1, 0.15) is 40.0 Å². The van der Waals surface area contributed by atoms with Crippen LogP contribution in [0, 0.1) is 23.2 Å². The predicted molar refractivity (Wildman–Crippen MR) is 98.6 cm³/mol. The number of hydrogen-bond donors (Lipinski definition) is 0. The van der Waals surface area contributed by atoms with Gasteiger partial charge in [0.15, 0.2) is 0 Å². The summed E-state index contributed by atoms with van der Waals surface area (Å²) < 4.78 is 5.15. The van der Waals surface area contributed by atoms with Gasteiger partial charge in [-0.3, -0.25) is 9.69 Å². The molecule has 6 heteroatoms. The molecular weight excluding hydrogens is 330 g/mol. The molecule has 0 aromatic heterocycles. The highest BCUT2D eigenvalue weighted by Crippen LogP contribution is 2.57. The van der Waals surface area contributed by atoms with Crippen molar-refractivity contribution in [2.45, 2.75) is 46.1 Å². The number of carbonyl (C=O) groups is 2. The summed E-state index contributed by atoms with van der Waals surface area (Å²) in [4.78, 5) is 31.0. The molecule has 0 aromatic carbocycles. The van der Waals surface area contributed by atoms with E-state index in [9.17, 15) is 9.59 Å². The fourth-order valence-electron chi connectivity index (χ4n) is 5.81. The summed E-state index contributed by atoms with van der Waals surface area (Å²) >= 11 is 0. The van der Waals surface area contributed by atoms with Gasteiger partial charge in [-0.1, -0.05) is 0 Å². The van der Waals surface area contributed by atoms with Crippen LogP contribution in [-0.2, 0) is 9.53 Å². The lowest BCUT2D eigenvalue weighted by molar-refractivity contribution is -0.133. The van der Waals surface area contributed by atoms with Crippen LogP contribution >= 0.6 is 0 Å². The molecule has 2 saturated heterocycles. The van der Waals surface area contributed by atoms with Crippen LogP contribution in [0.15, 0.2) is 0 Å². The van der Waals surface area contributed by atoms with E-state index in [1.165, 1.54) is 12.8 Å². The normalized spacial score (nSPS) is 38.2. The number of nitrogens with zero attached hydrogens (tertiary/aromatic N) is 3. The van der Waals surface area contributed by atoms with Gasteiger partial charge in [0.25, 0.3) is 0 Å². The van der Waals surface area contributed by atoms with E-state index in [1.54, 1.807) is 0 Å². The number of amides is 2. The third kappa shape index (κ3) is 2.90. The zero-order chi connectivity index (χ0) is 18.5. The third-order valence-electron chi connectivity index (χ3n) is 7.40. The van der Waals surface area contributed by atoms with Gasteiger partial charge in [-0.25, -0.2) is 4.79 Å². The summed E-state index contributed by atoms with van der Waals surface area (Å²) in [6, 6.07) is 0.661. The zero-order valence-electron chi connectivity index (χ0n) is 16.4. The average Bonchev–Trinajstić information content (AvgIpc) is 2.97. The first-order chi connectivity index (χ1) is 12.5. The maximum absolute atomic E-state index is 12.6. The molecule has 1 spiro atoms. The molecule has 4 rings (SSSR count). The minimum atomic E-state index is -0.145. The number of piperidine rings is 1. The van der Waals surface area contributed by atoms with Gasteiger partial charge in [0.1, 0.15) is 0 Å². The molecule has 146 valence electrons. The van der Waals surface area contributed by atoms with Crippen molar-refractivity contribution in [1.29, 1.82) is 0 Å². The Morgan fingerprint density at radius 3 is 2.35 bits per heavy atom. The van der Waals surface area contributed by atoms with E-state index in [0.29, 0.717) is 41.7 Å². The summed E-state index contributed by atoms with van der Waals surface area (Å²) in [7, 11) is 0. The number of likely N-dealkylation sites (tertiary alicyclic amines) is 2. The SMILES string of the molecule is CCOC(=O)N1CCC2(CC(N3C[C@@H]4C(C(=O)N(CC)CC)[C@@H]4C3)C2)C1. The van der Waals surface area contributed by atoms with Crippen molar-refractivity contribution >= 4 is 12.0 Å². The van der Waals surface area contributed by atoms with Crippen LogP contribution in [0.25, 0.3) is 0 Å². The summed E-state index contributed by atoms with van der Waals surface area (Å²) in [5, 5.41) is 0. The summed E-state index contributed by atoms with van der Waals surface area (Å²) in [6.45, 7) is 12.0. The molecule has 0 radical (unpaired) electrons. The van der Waals surface area contributed by atoms with Crippen molar-refractivity contribution in [3.8, 4) is 0 Å². The molecule has 0 N–H and O–H groups in total. The standard InChI is InChI=1S/C20H33N3O3/c1-4-21(5-2)18(24)17-15-11-23(12-16(15)17)14-9-20(10-14)7-8-22(13-20)19(25)26-6-3/h14-17H,4-13H2,1-3H3/t14?,15-,16+,17?,20?. The quantitative estimate of drug-likeness (QED) is 0.750. The molecule has 3 atom stereocenters. The van der Waals surface area contributed by atoms with Crippen LogP contribution in [0.2, 0.25) is 0 Å². The minimum absolute atomic E-state index is 0.145. The first-order valence-corrected chi connectivity index (χ1v) is 10.5. The molecule has 0 aromatic rings. The third-order valence-corrected chi connectivity index (χ3v) is 7.40. The molecule has 4 aliphatic rings. The summed E-state index contributed by atoms with van der Waals surface area (Å²) in [5.74, 6) is 1.88. The summed E-state index contributed by atoms with van der Waals surface area (Å²) in [5.41, 5.74) is 0.334. The highest BCUT2D eigenvalue weighted by molar-refractivity contribution is 5.82. The van der Waals surface area contributed by atoms with E-state index in [1.807, 2.05) is 16.7 Å². The Balaban J connectivity index is 1.23. The highest BCUT2D eigenvalue weighted by atomic mass is 16.6. The lowest BCUT2D eigenvalue weighted by Gasteiger charge is -2.49. The molecule has 4 fully saturated rings. The monoisotopic (exact) mass is 363 g/mol. The van der Waals surface area contributed by atoms with E-state index in [0.717, 1.165) is 45.7 Å². The van der Waals surface area contributed by atoms with Crippen LogP contribution in [0.4, 0.5) is 4.79 Å². The minimum Gasteiger partial charge on any atom is -0.450 e. The topological polar surface area (TPSA) is 53.1 Å². The zero-order valence-corrected chi connectivity index (χ0v) is 16.4. The van der Waals surface area contributed by atoms with Crippen molar-refractivity contribution in [3.63, 3.8) is 0 Å². The van der Waals surface area contributed by atoms with Gasteiger partial charge in [-0.05, 0) is 57.3 Å². The van der Waals surface area contributed by atoms with Gasteiger partial charge in [-0.15, -0.1) is 0 Å². The average molecular weight is 364 g/mol. The van der Waals surface area contributed by atoms with Gasteiger partial charge in [0.05, 0.1) is 6.61 Å². The maximum Gasteiger partial charge on any atom is 0.409 e. The van der Waals surface area contributed by atoms with Crippen LogP contribution < -0.4 is 0 Å². The highest BCUT2D eigenvalue weighted by Gasteiger charge is 2.62. The van der Waals surface area contributed by atoms with E-state index in [-0.39, 0.29) is 6.09 Å². The molecular formula is C20H33N3O3. The number of hydrogen-bond acceptors (Lipinski definition) is 4. The number of carbonyl (C=O) groups excluding carboxylic acids is 2. The van der Waals surface area contributed by atoms with E-state index < -0.39 is 0 Å². The van der Waals surface area contributed by atoms with Crippen molar-refractivity contribution in [1.82, 2.24) is 14.7 Å². The fraction of sp³-hybridized carbons (Fsp3) is 0.900. The Kier molecular flexibility index (Phi) is 4.66. The fourth-order valence-corrected chi connectivity index (χ4v) is 5.81. The van der Waals surface area contributed by atoms with E-state index in [4.69, 9.17) is 4.74 Å². The molecule has 6 nitrogen and oxygen atoms in total. The molecule has 2 aliphatic carbocycles. The predicted octanol–water partition coefficient (Wildman–Crippen LogP) is 2.04. The molecule has 2 aliphatic heterocycles. The second-order valence-corrected chi connectivity index (χ2v) is 8.75. The number of rotatable bonds is 5. The Morgan fingerprint density at radius 1 is 1.12 bits per heavy atom. The number of fused-ring (bicyclic) bond motifs is 1. The van der Waals surface area contributed by atoms with Gasteiger partial charge in [0, 0.05) is 51.2 Å². The van der Waals surface area contributed by atoms with E-state index >= 15 is 0 Å². The first kappa shape index (κ1) is 18.1. The maximum atomic E-state index is 12.6. The van der Waals surface area contributed by atoms with Crippen LogP contribution in [-0.4, -0.2) is 78.6 Å². The van der Waals surface area contributed by atoms with Crippen LogP contribution in [0.3, 0.4) is 0 Å². The summed E-state index contributed by atoms with van der Waals surface area (Å²) in [6.07, 6.45) is 3.38. The smallest absolute Gasteiger partial charge is 0.409 e. The molecule has 1 unspecified atom stereocenters. The number of ether oxygens (including phenoxy) is 1. The Hall–Kier alpha value is -1.30. The van der Waals surface area contributed by atoms with Crippen LogP contribution in [0.5, 0.6) is 0 Å². The second kappa shape index (κ2) is 6.70. The lowest BCUT2D eigenvalue weighted by atomic mass is 9.64. The lowest BCUT2D eigenvalue weighted by Crippen LogP contribution is -2.52. The molecule has 26 heavy (non-hydrogen) atoms. The Labute approximate surface area is 156 Å². The van der Waals surface area contributed by atoms with Crippen molar-refractivity contribution in [2.24, 2.45) is 23.2 Å². The molecule has 2 heterocycles. The molecule has 2 saturated carbocycles. The van der Waals surface area contributed by atoms with Gasteiger partial charge in [0.2, 0.25) is 5.91 Å². The molecule has 0 bridgehead atoms. The Bertz CT molecular complexity index is 559. The van der Waals surface area contributed by atoms with Gasteiger partial charge >= 0.3 is 6.09 Å². The largest absolute Gasteiger partial charge is 0.450 e. The molecule has 2 amide bonds.